The highest BCUT2D eigenvalue weighted by Gasteiger charge is 2.36. The highest BCUT2D eigenvalue weighted by atomic mass is 19.1. The minimum atomic E-state index is -1.28. The SMILES string of the molecule is CC(C)(C)OC(=O)N1CCCCC1C(F)c1cccc(CO)c1. The average molecular weight is 323 g/mol. The second-order valence-corrected chi connectivity index (χ2v) is 7.04. The van der Waals surface area contributed by atoms with Crippen LogP contribution in [0.1, 0.15) is 57.3 Å². The molecule has 0 spiro atoms. The lowest BCUT2D eigenvalue weighted by molar-refractivity contribution is -0.00279. The lowest BCUT2D eigenvalue weighted by Crippen LogP contribution is -2.48. The van der Waals surface area contributed by atoms with E-state index in [4.69, 9.17) is 4.74 Å². The summed E-state index contributed by atoms with van der Waals surface area (Å²) in [6.07, 6.45) is 0.630. The number of rotatable bonds is 3. The minimum absolute atomic E-state index is 0.124. The number of ether oxygens (including phenoxy) is 1. The lowest BCUT2D eigenvalue weighted by Gasteiger charge is -2.38. The van der Waals surface area contributed by atoms with Gasteiger partial charge in [-0.25, -0.2) is 9.18 Å². The standard InChI is InChI=1S/C18H26FNO3/c1-18(2,3)23-17(22)20-10-5-4-9-15(20)16(19)14-8-6-7-13(11-14)12-21/h6-8,11,15-16,21H,4-5,9-10,12H2,1-3H3. The number of aliphatic hydroxyl groups is 1. The number of carbonyl (C=O) groups is 1. The van der Waals surface area contributed by atoms with Crippen molar-refractivity contribution in [3.8, 4) is 0 Å². The van der Waals surface area contributed by atoms with Crippen LogP contribution in [0.4, 0.5) is 9.18 Å². The van der Waals surface area contributed by atoms with Crippen molar-refractivity contribution in [2.24, 2.45) is 0 Å². The first-order valence-electron chi connectivity index (χ1n) is 8.15. The molecule has 0 radical (unpaired) electrons. The summed E-state index contributed by atoms with van der Waals surface area (Å²) in [4.78, 5) is 13.9. The third-order valence-electron chi connectivity index (χ3n) is 3.97. The fourth-order valence-electron chi connectivity index (χ4n) is 2.89. The zero-order chi connectivity index (χ0) is 17.0. The number of aliphatic hydroxyl groups excluding tert-OH is 1. The quantitative estimate of drug-likeness (QED) is 0.915. The Morgan fingerprint density at radius 1 is 1.43 bits per heavy atom. The van der Waals surface area contributed by atoms with Gasteiger partial charge in [0.2, 0.25) is 0 Å². The number of alkyl halides is 1. The second-order valence-electron chi connectivity index (χ2n) is 7.04. The Morgan fingerprint density at radius 3 is 2.83 bits per heavy atom. The minimum Gasteiger partial charge on any atom is -0.444 e. The van der Waals surface area contributed by atoms with Gasteiger partial charge < -0.3 is 14.7 Å². The van der Waals surface area contributed by atoms with Gasteiger partial charge in [0.15, 0.2) is 0 Å². The molecule has 1 aliphatic rings. The van der Waals surface area contributed by atoms with E-state index in [1.807, 2.05) is 20.8 Å². The van der Waals surface area contributed by atoms with Gasteiger partial charge in [-0.3, -0.25) is 0 Å². The largest absolute Gasteiger partial charge is 0.444 e. The van der Waals surface area contributed by atoms with Gasteiger partial charge in [-0.15, -0.1) is 0 Å². The monoisotopic (exact) mass is 323 g/mol. The Bertz CT molecular complexity index is 541. The highest BCUT2D eigenvalue weighted by molar-refractivity contribution is 5.68. The van der Waals surface area contributed by atoms with Crippen molar-refractivity contribution < 1.29 is 19.0 Å². The van der Waals surface area contributed by atoms with E-state index in [1.54, 1.807) is 24.3 Å². The molecule has 1 fully saturated rings. The second kappa shape index (κ2) is 7.30. The van der Waals surface area contributed by atoms with Crippen LogP contribution in [-0.4, -0.2) is 34.3 Å². The summed E-state index contributed by atoms with van der Waals surface area (Å²) in [5, 5.41) is 9.21. The number of amides is 1. The molecular weight excluding hydrogens is 297 g/mol. The number of benzene rings is 1. The molecule has 1 aromatic rings. The number of nitrogens with zero attached hydrogens (tertiary/aromatic N) is 1. The van der Waals surface area contributed by atoms with Crippen LogP contribution in [0.25, 0.3) is 0 Å². The summed E-state index contributed by atoms with van der Waals surface area (Å²) in [7, 11) is 0. The van der Waals surface area contributed by atoms with Crippen LogP contribution in [0.3, 0.4) is 0 Å². The van der Waals surface area contributed by atoms with Crippen LogP contribution in [0.5, 0.6) is 0 Å². The summed E-state index contributed by atoms with van der Waals surface area (Å²) in [6, 6.07) is 6.32. The van der Waals surface area contributed by atoms with Gasteiger partial charge in [-0.1, -0.05) is 24.3 Å². The molecule has 2 atom stereocenters. The first-order chi connectivity index (χ1) is 10.8. The van der Waals surface area contributed by atoms with Gasteiger partial charge in [0.05, 0.1) is 12.6 Å². The predicted molar refractivity (Wildman–Crippen MR) is 86.8 cm³/mol. The van der Waals surface area contributed by atoms with Crippen LogP contribution in [-0.2, 0) is 11.3 Å². The summed E-state index contributed by atoms with van der Waals surface area (Å²) in [5.74, 6) is 0. The molecule has 4 nitrogen and oxygen atoms in total. The number of halogens is 1. The Labute approximate surface area is 137 Å². The van der Waals surface area contributed by atoms with Gasteiger partial charge in [0.1, 0.15) is 11.8 Å². The molecule has 1 N–H and O–H groups in total. The number of carbonyl (C=O) groups excluding carboxylic acids is 1. The zero-order valence-corrected chi connectivity index (χ0v) is 14.1. The zero-order valence-electron chi connectivity index (χ0n) is 14.1. The van der Waals surface area contributed by atoms with Gasteiger partial charge >= 0.3 is 6.09 Å². The number of hydrogen-bond acceptors (Lipinski definition) is 3. The van der Waals surface area contributed by atoms with Gasteiger partial charge in [-0.05, 0) is 51.2 Å². The first-order valence-corrected chi connectivity index (χ1v) is 8.15. The molecule has 0 aromatic heterocycles. The van der Waals surface area contributed by atoms with Gasteiger partial charge in [0.25, 0.3) is 0 Å². The highest BCUT2D eigenvalue weighted by Crippen LogP contribution is 2.33. The molecule has 23 heavy (non-hydrogen) atoms. The van der Waals surface area contributed by atoms with E-state index >= 15 is 4.39 Å². The van der Waals surface area contributed by atoms with E-state index in [0.717, 1.165) is 12.8 Å². The van der Waals surface area contributed by atoms with Crippen LogP contribution >= 0.6 is 0 Å². The van der Waals surface area contributed by atoms with Gasteiger partial charge in [0, 0.05) is 6.54 Å². The average Bonchev–Trinajstić information content (AvgIpc) is 2.52. The molecule has 0 saturated carbocycles. The van der Waals surface area contributed by atoms with Crippen molar-refractivity contribution in [2.45, 2.75) is 64.5 Å². The molecule has 1 aliphatic heterocycles. The third-order valence-corrected chi connectivity index (χ3v) is 3.97. The predicted octanol–water partition coefficient (Wildman–Crippen LogP) is 3.98. The summed E-state index contributed by atoms with van der Waals surface area (Å²) in [6.45, 7) is 5.81. The van der Waals surface area contributed by atoms with E-state index in [9.17, 15) is 9.90 Å². The van der Waals surface area contributed by atoms with Crippen molar-refractivity contribution in [3.05, 3.63) is 35.4 Å². The molecule has 0 bridgehead atoms. The molecule has 2 rings (SSSR count). The fourth-order valence-corrected chi connectivity index (χ4v) is 2.89. The van der Waals surface area contributed by atoms with Crippen LogP contribution in [0.2, 0.25) is 0 Å². The van der Waals surface area contributed by atoms with E-state index in [-0.39, 0.29) is 6.61 Å². The molecule has 1 heterocycles. The molecule has 2 unspecified atom stereocenters. The summed E-state index contributed by atoms with van der Waals surface area (Å²) in [5.41, 5.74) is 0.573. The maximum Gasteiger partial charge on any atom is 0.410 e. The van der Waals surface area contributed by atoms with Gasteiger partial charge in [-0.2, -0.15) is 0 Å². The third kappa shape index (κ3) is 4.67. The Balaban J connectivity index is 2.18. The van der Waals surface area contributed by atoms with E-state index < -0.39 is 23.9 Å². The van der Waals surface area contributed by atoms with Crippen molar-refractivity contribution in [1.82, 2.24) is 4.90 Å². The first kappa shape index (κ1) is 17.7. The van der Waals surface area contributed by atoms with Crippen molar-refractivity contribution in [2.75, 3.05) is 6.54 Å². The fraction of sp³-hybridized carbons (Fsp3) is 0.611. The maximum absolute atomic E-state index is 15.0. The lowest BCUT2D eigenvalue weighted by atomic mass is 9.93. The molecule has 1 amide bonds. The van der Waals surface area contributed by atoms with Crippen molar-refractivity contribution in [3.63, 3.8) is 0 Å². The molecular formula is C18H26FNO3. The Morgan fingerprint density at radius 2 is 2.17 bits per heavy atom. The number of likely N-dealkylation sites (tertiary alicyclic amines) is 1. The van der Waals surface area contributed by atoms with Crippen LogP contribution in [0.15, 0.2) is 24.3 Å². The van der Waals surface area contributed by atoms with E-state index in [0.29, 0.717) is 24.1 Å². The Kier molecular flexibility index (Phi) is 5.63. The molecule has 0 aliphatic carbocycles. The number of hydrogen-bond donors (Lipinski definition) is 1. The Hall–Kier alpha value is -1.62. The van der Waals surface area contributed by atoms with Crippen molar-refractivity contribution >= 4 is 6.09 Å². The molecule has 5 heteroatoms. The van der Waals surface area contributed by atoms with Crippen molar-refractivity contribution in [1.29, 1.82) is 0 Å². The normalized spacial score (nSPS) is 20.2. The number of piperidine rings is 1. The molecule has 1 aromatic carbocycles. The maximum atomic E-state index is 15.0. The van der Waals surface area contributed by atoms with E-state index in [2.05, 4.69) is 0 Å². The topological polar surface area (TPSA) is 49.8 Å². The molecule has 1 saturated heterocycles. The molecule has 128 valence electrons. The summed E-state index contributed by atoms with van der Waals surface area (Å²) < 4.78 is 20.5. The summed E-state index contributed by atoms with van der Waals surface area (Å²) >= 11 is 0. The van der Waals surface area contributed by atoms with Crippen LogP contribution in [0, 0.1) is 0 Å². The smallest absolute Gasteiger partial charge is 0.410 e. The van der Waals surface area contributed by atoms with Crippen LogP contribution < -0.4 is 0 Å². The van der Waals surface area contributed by atoms with E-state index in [1.165, 1.54) is 4.90 Å².